The molecule has 1 fully saturated rings. The van der Waals surface area contributed by atoms with Gasteiger partial charge in [0.05, 0.1) is 11.7 Å². The van der Waals surface area contributed by atoms with E-state index in [-0.39, 0.29) is 0 Å². The molecule has 1 saturated carbocycles. The molecule has 3 heteroatoms. The molecule has 3 unspecified atom stereocenters. The van der Waals surface area contributed by atoms with Crippen LogP contribution in [0, 0.1) is 5.92 Å². The summed E-state index contributed by atoms with van der Waals surface area (Å²) in [5.74, 6) is 0.608. The van der Waals surface area contributed by atoms with Crippen LogP contribution in [-0.4, -0.2) is 23.4 Å². The Morgan fingerprint density at radius 1 is 1.45 bits per heavy atom. The highest BCUT2D eigenvalue weighted by molar-refractivity contribution is 6.31. The van der Waals surface area contributed by atoms with Gasteiger partial charge in [0.2, 0.25) is 0 Å². The third kappa shape index (κ3) is 3.55. The average Bonchev–Trinajstić information content (AvgIpc) is 2.41. The minimum Gasteiger partial charge on any atom is -0.390 e. The Labute approximate surface area is 127 Å². The molecule has 1 aromatic carbocycles. The normalized spacial score (nSPS) is 28.3. The summed E-state index contributed by atoms with van der Waals surface area (Å²) in [6.07, 6.45) is 4.30. The Morgan fingerprint density at radius 3 is 2.85 bits per heavy atom. The van der Waals surface area contributed by atoms with E-state index >= 15 is 0 Å². The molecule has 2 nitrogen and oxygen atoms in total. The molecule has 1 aromatic rings. The average molecular weight is 297 g/mol. The van der Waals surface area contributed by atoms with Crippen molar-refractivity contribution < 1.29 is 9.84 Å². The molecule has 1 N–H and O–H groups in total. The molecule has 0 spiro atoms. The van der Waals surface area contributed by atoms with E-state index in [0.29, 0.717) is 18.9 Å². The molecule has 2 rings (SSSR count). The largest absolute Gasteiger partial charge is 0.390 e. The van der Waals surface area contributed by atoms with Crippen molar-refractivity contribution in [1.82, 2.24) is 0 Å². The minimum atomic E-state index is -0.495. The minimum absolute atomic E-state index is 0.397. The van der Waals surface area contributed by atoms with E-state index in [1.54, 1.807) is 0 Å². The molecule has 20 heavy (non-hydrogen) atoms. The summed E-state index contributed by atoms with van der Waals surface area (Å²) in [7, 11) is 0. The van der Waals surface area contributed by atoms with Crippen molar-refractivity contribution in [3.63, 3.8) is 0 Å². The van der Waals surface area contributed by atoms with Crippen LogP contribution in [0.1, 0.15) is 45.1 Å². The second-order valence-corrected chi connectivity index (χ2v) is 6.42. The van der Waals surface area contributed by atoms with Crippen LogP contribution < -0.4 is 0 Å². The second-order valence-electron chi connectivity index (χ2n) is 6.01. The van der Waals surface area contributed by atoms with Gasteiger partial charge in [0.1, 0.15) is 0 Å². The van der Waals surface area contributed by atoms with Crippen LogP contribution in [-0.2, 0) is 11.2 Å². The van der Waals surface area contributed by atoms with Gasteiger partial charge in [-0.25, -0.2) is 0 Å². The molecule has 1 aliphatic carbocycles. The first-order chi connectivity index (χ1) is 9.57. The molecule has 0 aromatic heterocycles. The number of benzene rings is 1. The first-order valence-corrected chi connectivity index (χ1v) is 8.00. The quantitative estimate of drug-likeness (QED) is 0.881. The van der Waals surface area contributed by atoms with E-state index < -0.39 is 11.7 Å². The highest BCUT2D eigenvalue weighted by atomic mass is 35.5. The molecule has 0 amide bonds. The first kappa shape index (κ1) is 15.8. The van der Waals surface area contributed by atoms with Crippen LogP contribution in [0.25, 0.3) is 0 Å². The lowest BCUT2D eigenvalue weighted by Gasteiger charge is -2.43. The van der Waals surface area contributed by atoms with Crippen molar-refractivity contribution in [1.29, 1.82) is 0 Å². The van der Waals surface area contributed by atoms with E-state index in [0.717, 1.165) is 29.8 Å². The van der Waals surface area contributed by atoms with Crippen molar-refractivity contribution in [2.24, 2.45) is 5.92 Å². The lowest BCUT2D eigenvalue weighted by atomic mass is 9.74. The molecule has 0 bridgehead atoms. The van der Waals surface area contributed by atoms with Gasteiger partial charge in [-0.3, -0.25) is 0 Å². The van der Waals surface area contributed by atoms with E-state index in [9.17, 15) is 5.11 Å². The fourth-order valence-corrected chi connectivity index (χ4v) is 3.63. The summed E-state index contributed by atoms with van der Waals surface area (Å²) in [6, 6.07) is 7.74. The number of halogens is 1. The Balaban J connectivity index is 2.14. The monoisotopic (exact) mass is 296 g/mol. The Morgan fingerprint density at radius 2 is 2.20 bits per heavy atom. The zero-order valence-corrected chi connectivity index (χ0v) is 13.2. The third-order valence-electron chi connectivity index (χ3n) is 4.40. The molecule has 3 atom stereocenters. The van der Waals surface area contributed by atoms with Gasteiger partial charge in [0.15, 0.2) is 0 Å². The molecule has 0 radical (unpaired) electrons. The maximum absolute atomic E-state index is 10.8. The zero-order chi connectivity index (χ0) is 14.6. The third-order valence-corrected chi connectivity index (χ3v) is 4.77. The molecule has 1 aliphatic rings. The molecule has 112 valence electrons. The lowest BCUT2D eigenvalue weighted by molar-refractivity contribution is -0.146. The van der Waals surface area contributed by atoms with Crippen LogP contribution in [0.3, 0.4) is 0 Å². The van der Waals surface area contributed by atoms with Gasteiger partial charge < -0.3 is 9.84 Å². The Kier molecular flexibility index (Phi) is 5.48. The van der Waals surface area contributed by atoms with Gasteiger partial charge in [-0.2, -0.15) is 0 Å². The Bertz CT molecular complexity index is 431. The summed E-state index contributed by atoms with van der Waals surface area (Å²) < 4.78 is 6.02. The van der Waals surface area contributed by atoms with E-state index in [1.165, 1.54) is 6.42 Å². The highest BCUT2D eigenvalue weighted by Gasteiger charge is 2.42. The predicted octanol–water partition coefficient (Wildman–Crippen LogP) is 4.23. The highest BCUT2D eigenvalue weighted by Crippen LogP contribution is 2.39. The Hall–Kier alpha value is -0.570. The van der Waals surface area contributed by atoms with Crippen molar-refractivity contribution >= 4 is 11.6 Å². The van der Waals surface area contributed by atoms with Crippen molar-refractivity contribution in [3.8, 4) is 0 Å². The van der Waals surface area contributed by atoms with Crippen molar-refractivity contribution in [3.05, 3.63) is 34.9 Å². The lowest BCUT2D eigenvalue weighted by Crippen LogP contribution is -2.49. The first-order valence-electron chi connectivity index (χ1n) is 7.63. The number of hydrogen-bond donors (Lipinski definition) is 1. The SMILES string of the molecule is CCOC1(C(O)Cc2ccccc2Cl)CCCC(C)C1. The summed E-state index contributed by atoms with van der Waals surface area (Å²) in [5, 5.41) is 11.5. The molecular formula is C17H25ClO2. The number of hydrogen-bond acceptors (Lipinski definition) is 2. The van der Waals surface area contributed by atoms with Gasteiger partial charge in [-0.1, -0.05) is 49.6 Å². The molecular weight excluding hydrogens is 272 g/mol. The van der Waals surface area contributed by atoms with Crippen LogP contribution in [0.15, 0.2) is 24.3 Å². The summed E-state index contributed by atoms with van der Waals surface area (Å²) in [6.45, 7) is 4.89. The van der Waals surface area contributed by atoms with Gasteiger partial charge in [0.25, 0.3) is 0 Å². The topological polar surface area (TPSA) is 29.5 Å². The molecule has 0 saturated heterocycles. The predicted molar refractivity (Wildman–Crippen MR) is 83.2 cm³/mol. The van der Waals surface area contributed by atoms with E-state index in [1.807, 2.05) is 31.2 Å². The van der Waals surface area contributed by atoms with E-state index in [2.05, 4.69) is 6.92 Å². The number of aliphatic hydroxyl groups excluding tert-OH is 1. The van der Waals surface area contributed by atoms with Crippen LogP contribution in [0.2, 0.25) is 5.02 Å². The maximum Gasteiger partial charge on any atom is 0.0945 e. The van der Waals surface area contributed by atoms with Gasteiger partial charge in [-0.15, -0.1) is 0 Å². The molecule has 0 aliphatic heterocycles. The summed E-state index contributed by atoms with van der Waals surface area (Å²) in [5.41, 5.74) is 0.602. The molecule has 0 heterocycles. The van der Waals surface area contributed by atoms with Crippen molar-refractivity contribution in [2.45, 2.75) is 57.7 Å². The smallest absolute Gasteiger partial charge is 0.0945 e. The van der Waals surface area contributed by atoms with Crippen molar-refractivity contribution in [2.75, 3.05) is 6.61 Å². The zero-order valence-electron chi connectivity index (χ0n) is 12.4. The fraction of sp³-hybridized carbons (Fsp3) is 0.647. The number of ether oxygens (including phenoxy) is 1. The maximum atomic E-state index is 10.8. The van der Waals surface area contributed by atoms with Crippen LogP contribution >= 0.6 is 11.6 Å². The van der Waals surface area contributed by atoms with E-state index in [4.69, 9.17) is 16.3 Å². The van der Waals surface area contributed by atoms with Gasteiger partial charge in [-0.05, 0) is 37.3 Å². The van der Waals surface area contributed by atoms with Gasteiger partial charge >= 0.3 is 0 Å². The standard InChI is InChI=1S/C17H25ClO2/c1-3-20-17(10-6-7-13(2)12-17)16(19)11-14-8-4-5-9-15(14)18/h4-5,8-9,13,16,19H,3,6-7,10-12H2,1-2H3. The second kappa shape index (κ2) is 6.93. The number of rotatable bonds is 5. The fourth-order valence-electron chi connectivity index (χ4n) is 3.42. The van der Waals surface area contributed by atoms with Crippen LogP contribution in [0.4, 0.5) is 0 Å². The summed E-state index contributed by atoms with van der Waals surface area (Å²) >= 11 is 6.21. The number of aliphatic hydroxyl groups is 1. The summed E-state index contributed by atoms with van der Waals surface area (Å²) in [4.78, 5) is 0. The van der Waals surface area contributed by atoms with Crippen LogP contribution in [0.5, 0.6) is 0 Å². The van der Waals surface area contributed by atoms with Gasteiger partial charge in [0, 0.05) is 18.1 Å².